The molecule has 2 aliphatic rings. The maximum absolute atomic E-state index is 13.4. The van der Waals surface area contributed by atoms with Crippen LogP contribution >= 0.6 is 0 Å². The van der Waals surface area contributed by atoms with Crippen molar-refractivity contribution in [2.75, 3.05) is 13.1 Å². The molecule has 2 fully saturated rings. The van der Waals surface area contributed by atoms with Crippen molar-refractivity contribution in [3.05, 3.63) is 71.4 Å². The van der Waals surface area contributed by atoms with E-state index in [1.807, 2.05) is 18.6 Å². The summed E-state index contributed by atoms with van der Waals surface area (Å²) in [7, 11) is 0. The number of alkyl halides is 3. The van der Waals surface area contributed by atoms with Crippen LogP contribution in [0.5, 0.6) is 5.75 Å². The van der Waals surface area contributed by atoms with E-state index in [0.29, 0.717) is 23.3 Å². The molecule has 0 N–H and O–H groups in total. The summed E-state index contributed by atoms with van der Waals surface area (Å²) in [6, 6.07) is 11.4. The lowest BCUT2D eigenvalue weighted by Gasteiger charge is -2.20. The highest BCUT2D eigenvalue weighted by atomic mass is 19.4. The van der Waals surface area contributed by atoms with Crippen LogP contribution in [0.1, 0.15) is 23.1 Å². The molecule has 1 radical (unpaired) electrons. The molecule has 1 saturated heterocycles. The highest BCUT2D eigenvalue weighted by Crippen LogP contribution is 2.54. The minimum atomic E-state index is -4.67. The van der Waals surface area contributed by atoms with Crippen LogP contribution in [-0.2, 0) is 6.54 Å². The van der Waals surface area contributed by atoms with E-state index in [2.05, 4.69) is 9.64 Å². The molecule has 1 aliphatic carbocycles. The molecular formula is C22H22F4NO. The second kappa shape index (κ2) is 7.39. The van der Waals surface area contributed by atoms with Gasteiger partial charge < -0.3 is 4.74 Å². The van der Waals surface area contributed by atoms with E-state index < -0.39 is 6.36 Å². The zero-order valence-corrected chi connectivity index (χ0v) is 15.5. The van der Waals surface area contributed by atoms with Gasteiger partial charge in [0.2, 0.25) is 0 Å². The van der Waals surface area contributed by atoms with Crippen LogP contribution in [0.3, 0.4) is 0 Å². The number of piperidine rings is 1. The molecule has 2 aromatic carbocycles. The second-order valence-corrected chi connectivity index (χ2v) is 7.83. The highest BCUT2D eigenvalue weighted by Gasteiger charge is 2.54. The van der Waals surface area contributed by atoms with Gasteiger partial charge in [0.05, 0.1) is 0 Å². The van der Waals surface area contributed by atoms with Crippen LogP contribution < -0.4 is 4.74 Å². The Kier molecular flexibility index (Phi) is 5.08. The van der Waals surface area contributed by atoms with Crippen molar-refractivity contribution in [3.63, 3.8) is 0 Å². The van der Waals surface area contributed by atoms with E-state index in [4.69, 9.17) is 0 Å². The van der Waals surface area contributed by atoms with Crippen molar-refractivity contribution in [1.82, 2.24) is 4.90 Å². The van der Waals surface area contributed by atoms with E-state index >= 15 is 0 Å². The molecule has 4 rings (SSSR count). The molecule has 2 nitrogen and oxygen atoms in total. The number of hydrogen-bond acceptors (Lipinski definition) is 2. The Balaban J connectivity index is 1.24. The van der Waals surface area contributed by atoms with E-state index in [0.717, 1.165) is 37.2 Å². The summed E-state index contributed by atoms with van der Waals surface area (Å²) in [5.74, 6) is 1.53. The molecule has 1 heterocycles. The predicted molar refractivity (Wildman–Crippen MR) is 98.0 cm³/mol. The monoisotopic (exact) mass is 392 g/mol. The molecule has 1 saturated carbocycles. The van der Waals surface area contributed by atoms with Gasteiger partial charge in [-0.1, -0.05) is 24.3 Å². The van der Waals surface area contributed by atoms with E-state index in [1.165, 1.54) is 18.2 Å². The number of halogens is 4. The normalized spacial score (nSPS) is 24.2. The van der Waals surface area contributed by atoms with Gasteiger partial charge in [0.15, 0.2) is 0 Å². The van der Waals surface area contributed by atoms with Gasteiger partial charge in [-0.3, -0.25) is 4.90 Å². The maximum atomic E-state index is 13.4. The molecule has 0 spiro atoms. The van der Waals surface area contributed by atoms with Gasteiger partial charge in [-0.15, -0.1) is 13.2 Å². The largest absolute Gasteiger partial charge is 0.573 e. The van der Waals surface area contributed by atoms with Crippen molar-refractivity contribution < 1.29 is 22.3 Å². The molecular weight excluding hydrogens is 370 g/mol. The lowest BCUT2D eigenvalue weighted by atomic mass is 10.0. The zero-order chi connectivity index (χ0) is 19.9. The Bertz CT molecular complexity index is 839. The van der Waals surface area contributed by atoms with Crippen LogP contribution in [0, 0.1) is 36.9 Å². The average Bonchev–Trinajstić information content (AvgIpc) is 3.06. The number of ether oxygens (including phenoxy) is 1. The Morgan fingerprint density at radius 3 is 2.54 bits per heavy atom. The van der Waals surface area contributed by atoms with Crippen molar-refractivity contribution in [3.8, 4) is 5.75 Å². The van der Waals surface area contributed by atoms with Crippen LogP contribution in [0.25, 0.3) is 0 Å². The van der Waals surface area contributed by atoms with E-state index in [9.17, 15) is 17.6 Å². The SMILES string of the molecule is Cc1cc(CN2CC3C(C[CH]c4cccc(OC(F)(F)F)c4)C3C2)ccc1F. The van der Waals surface area contributed by atoms with Gasteiger partial charge in [-0.05, 0) is 72.4 Å². The smallest absolute Gasteiger partial charge is 0.406 e. The maximum Gasteiger partial charge on any atom is 0.573 e. The quantitative estimate of drug-likeness (QED) is 0.614. The van der Waals surface area contributed by atoms with Gasteiger partial charge in [0.1, 0.15) is 11.6 Å². The Morgan fingerprint density at radius 2 is 1.86 bits per heavy atom. The molecule has 1 aliphatic heterocycles. The molecule has 28 heavy (non-hydrogen) atoms. The van der Waals surface area contributed by atoms with Gasteiger partial charge in [0.25, 0.3) is 0 Å². The first-order chi connectivity index (χ1) is 13.3. The molecule has 0 amide bonds. The number of nitrogens with zero attached hydrogens (tertiary/aromatic N) is 1. The lowest BCUT2D eigenvalue weighted by Crippen LogP contribution is -2.24. The van der Waals surface area contributed by atoms with Crippen molar-refractivity contribution in [2.45, 2.75) is 26.3 Å². The van der Waals surface area contributed by atoms with Gasteiger partial charge in [-0.2, -0.15) is 0 Å². The highest BCUT2D eigenvalue weighted by molar-refractivity contribution is 5.33. The Hall–Kier alpha value is -2.08. The summed E-state index contributed by atoms with van der Waals surface area (Å²) >= 11 is 0. The summed E-state index contributed by atoms with van der Waals surface area (Å²) in [5, 5.41) is 0. The standard InChI is InChI=1S/C22H22F4NO/c1-14-9-16(6-8-21(14)23)11-27-12-19-18(20(19)13-27)7-5-15-3-2-4-17(10-15)28-22(24,25)26/h2-6,8-10,18-20H,7,11-13H2,1H3. The van der Waals surface area contributed by atoms with E-state index in [1.54, 1.807) is 19.1 Å². The first kappa shape index (κ1) is 19.2. The van der Waals surface area contributed by atoms with Crippen molar-refractivity contribution in [2.24, 2.45) is 17.8 Å². The fourth-order valence-electron chi connectivity index (χ4n) is 4.39. The fraction of sp³-hybridized carbons (Fsp3) is 0.409. The van der Waals surface area contributed by atoms with Crippen molar-refractivity contribution in [1.29, 1.82) is 0 Å². The third kappa shape index (κ3) is 4.49. The molecule has 0 bridgehead atoms. The minimum Gasteiger partial charge on any atom is -0.406 e. The first-order valence-electron chi connectivity index (χ1n) is 9.45. The van der Waals surface area contributed by atoms with Gasteiger partial charge in [0, 0.05) is 19.6 Å². The Labute approximate surface area is 162 Å². The molecule has 0 aromatic heterocycles. The number of rotatable bonds is 6. The summed E-state index contributed by atoms with van der Waals surface area (Å²) in [5.41, 5.74) is 2.56. The fourth-order valence-corrected chi connectivity index (χ4v) is 4.39. The predicted octanol–water partition coefficient (Wildman–Crippen LogP) is 5.35. The second-order valence-electron chi connectivity index (χ2n) is 7.83. The number of fused-ring (bicyclic) bond motifs is 1. The number of likely N-dealkylation sites (tertiary alicyclic amines) is 1. The van der Waals surface area contributed by atoms with Crippen molar-refractivity contribution >= 4 is 0 Å². The molecule has 2 aromatic rings. The minimum absolute atomic E-state index is 0.173. The number of benzene rings is 2. The summed E-state index contributed by atoms with van der Waals surface area (Å²) < 4.78 is 54.4. The molecule has 149 valence electrons. The van der Waals surface area contributed by atoms with Crippen LogP contribution in [0.2, 0.25) is 0 Å². The number of hydrogen-bond donors (Lipinski definition) is 0. The Morgan fingerprint density at radius 1 is 1.11 bits per heavy atom. The first-order valence-corrected chi connectivity index (χ1v) is 9.45. The van der Waals surface area contributed by atoms with E-state index in [-0.39, 0.29) is 11.6 Å². The molecule has 2 atom stereocenters. The van der Waals surface area contributed by atoms with Crippen LogP contribution in [-0.4, -0.2) is 24.4 Å². The third-order valence-electron chi connectivity index (χ3n) is 5.79. The van der Waals surface area contributed by atoms with Gasteiger partial charge in [-0.25, -0.2) is 4.39 Å². The average molecular weight is 392 g/mol. The van der Waals surface area contributed by atoms with Gasteiger partial charge >= 0.3 is 6.36 Å². The third-order valence-corrected chi connectivity index (χ3v) is 5.79. The van der Waals surface area contributed by atoms with Crippen LogP contribution in [0.4, 0.5) is 17.6 Å². The molecule has 2 unspecified atom stereocenters. The number of aryl methyl sites for hydroxylation is 1. The summed E-state index contributed by atoms with van der Waals surface area (Å²) in [6.07, 6.45) is -1.80. The summed E-state index contributed by atoms with van der Waals surface area (Å²) in [6.45, 7) is 4.66. The topological polar surface area (TPSA) is 12.5 Å². The van der Waals surface area contributed by atoms with Crippen LogP contribution in [0.15, 0.2) is 42.5 Å². The lowest BCUT2D eigenvalue weighted by molar-refractivity contribution is -0.274. The molecule has 6 heteroatoms. The zero-order valence-electron chi connectivity index (χ0n) is 15.5. The summed E-state index contributed by atoms with van der Waals surface area (Å²) in [4.78, 5) is 2.40.